The summed E-state index contributed by atoms with van der Waals surface area (Å²) in [5.74, 6) is -1.16. The number of carbonyl (C=O) groups is 2. The summed E-state index contributed by atoms with van der Waals surface area (Å²) < 4.78 is 4.66. The number of hydrogen-bond acceptors (Lipinski definition) is 5. The highest BCUT2D eigenvalue weighted by Crippen LogP contribution is 2.18. The molecule has 0 saturated heterocycles. The molecule has 6 heteroatoms. The highest BCUT2D eigenvalue weighted by Gasteiger charge is 2.15. The number of para-hydroxylation sites is 1. The maximum absolute atomic E-state index is 12.3. The predicted molar refractivity (Wildman–Crippen MR) is 88.1 cm³/mol. The zero-order chi connectivity index (χ0) is 17.5. The van der Waals surface area contributed by atoms with Crippen molar-refractivity contribution in [2.75, 3.05) is 12.4 Å². The van der Waals surface area contributed by atoms with Gasteiger partial charge in [-0.2, -0.15) is 5.26 Å². The van der Waals surface area contributed by atoms with Crippen molar-refractivity contribution >= 4 is 23.6 Å². The summed E-state index contributed by atoms with van der Waals surface area (Å²) in [7, 11) is 1.24. The Morgan fingerprint density at radius 3 is 2.46 bits per heavy atom. The van der Waals surface area contributed by atoms with Gasteiger partial charge in [0.1, 0.15) is 17.4 Å². The molecule has 0 saturated carbocycles. The lowest BCUT2D eigenvalue weighted by Gasteiger charge is -2.09. The number of hydrogen-bond donors (Lipinski definition) is 2. The number of phenolic OH excluding ortho intramolecular Hbond substituents is 1. The first kappa shape index (κ1) is 16.8. The Balaban J connectivity index is 2.26. The van der Waals surface area contributed by atoms with E-state index in [9.17, 15) is 20.0 Å². The van der Waals surface area contributed by atoms with Gasteiger partial charge < -0.3 is 15.2 Å². The average Bonchev–Trinajstić information content (AvgIpc) is 2.61. The minimum absolute atomic E-state index is 0.0853. The van der Waals surface area contributed by atoms with Crippen LogP contribution in [0, 0.1) is 11.3 Å². The molecule has 2 aromatic rings. The number of rotatable bonds is 4. The quantitative estimate of drug-likeness (QED) is 0.512. The van der Waals surface area contributed by atoms with Crippen LogP contribution in [-0.4, -0.2) is 24.1 Å². The molecular weight excluding hydrogens is 308 g/mol. The number of phenols is 1. The molecule has 0 aliphatic carbocycles. The van der Waals surface area contributed by atoms with Crippen LogP contribution in [0.15, 0.2) is 54.1 Å². The maximum atomic E-state index is 12.3. The van der Waals surface area contributed by atoms with Crippen LogP contribution in [0.5, 0.6) is 5.75 Å². The summed E-state index contributed by atoms with van der Waals surface area (Å²) >= 11 is 0. The van der Waals surface area contributed by atoms with Gasteiger partial charge in [0, 0.05) is 0 Å². The van der Waals surface area contributed by atoms with Gasteiger partial charge in [0.25, 0.3) is 5.91 Å². The highest BCUT2D eigenvalue weighted by molar-refractivity contribution is 6.11. The summed E-state index contributed by atoms with van der Waals surface area (Å²) in [5.41, 5.74) is 0.887. The molecule has 0 aliphatic rings. The second-order valence-corrected chi connectivity index (χ2v) is 4.75. The van der Waals surface area contributed by atoms with Crippen molar-refractivity contribution in [3.05, 3.63) is 65.2 Å². The highest BCUT2D eigenvalue weighted by atomic mass is 16.5. The second kappa shape index (κ2) is 7.61. The van der Waals surface area contributed by atoms with Gasteiger partial charge in [-0.3, -0.25) is 4.79 Å². The fourth-order valence-electron chi connectivity index (χ4n) is 1.96. The van der Waals surface area contributed by atoms with E-state index >= 15 is 0 Å². The van der Waals surface area contributed by atoms with Crippen molar-refractivity contribution in [3.8, 4) is 11.8 Å². The fraction of sp³-hybridized carbons (Fsp3) is 0.0556. The number of carbonyl (C=O) groups excluding carboxylic acids is 2. The Labute approximate surface area is 138 Å². The van der Waals surface area contributed by atoms with Crippen LogP contribution in [0.1, 0.15) is 15.9 Å². The Morgan fingerprint density at radius 2 is 1.83 bits per heavy atom. The van der Waals surface area contributed by atoms with Gasteiger partial charge in [0.05, 0.1) is 18.4 Å². The number of nitrogens with one attached hydrogen (secondary N) is 1. The summed E-state index contributed by atoms with van der Waals surface area (Å²) in [4.78, 5) is 24.0. The van der Waals surface area contributed by atoms with Gasteiger partial charge in [-0.25, -0.2) is 4.79 Å². The van der Waals surface area contributed by atoms with Crippen molar-refractivity contribution in [2.45, 2.75) is 0 Å². The van der Waals surface area contributed by atoms with Gasteiger partial charge >= 0.3 is 5.97 Å². The molecule has 0 bridgehead atoms. The number of esters is 1. The first-order valence-electron chi connectivity index (χ1n) is 6.94. The van der Waals surface area contributed by atoms with Crippen molar-refractivity contribution < 1.29 is 19.4 Å². The molecule has 24 heavy (non-hydrogen) atoms. The Kier molecular flexibility index (Phi) is 5.32. The molecule has 1 amide bonds. The monoisotopic (exact) mass is 322 g/mol. The van der Waals surface area contributed by atoms with Crippen LogP contribution >= 0.6 is 0 Å². The number of nitriles is 1. The lowest BCUT2D eigenvalue weighted by molar-refractivity contribution is -0.112. The van der Waals surface area contributed by atoms with E-state index in [1.807, 2.05) is 6.07 Å². The van der Waals surface area contributed by atoms with Gasteiger partial charge in [0.15, 0.2) is 0 Å². The van der Waals surface area contributed by atoms with Crippen LogP contribution < -0.4 is 5.32 Å². The van der Waals surface area contributed by atoms with E-state index in [1.165, 1.54) is 31.4 Å². The minimum atomic E-state index is -0.651. The van der Waals surface area contributed by atoms with Gasteiger partial charge in [-0.15, -0.1) is 0 Å². The van der Waals surface area contributed by atoms with Crippen LogP contribution in [-0.2, 0) is 9.53 Å². The van der Waals surface area contributed by atoms with Crippen molar-refractivity contribution in [1.82, 2.24) is 0 Å². The molecule has 0 unspecified atom stereocenters. The zero-order valence-electron chi connectivity index (χ0n) is 12.8. The molecule has 0 spiro atoms. The van der Waals surface area contributed by atoms with Gasteiger partial charge in [-0.05, 0) is 35.9 Å². The van der Waals surface area contributed by atoms with Crippen molar-refractivity contribution in [3.63, 3.8) is 0 Å². The molecule has 2 aromatic carbocycles. The topological polar surface area (TPSA) is 99.4 Å². The number of anilines is 1. The van der Waals surface area contributed by atoms with Crippen molar-refractivity contribution in [1.29, 1.82) is 5.26 Å². The maximum Gasteiger partial charge on any atom is 0.339 e. The molecule has 0 heterocycles. The van der Waals surface area contributed by atoms with Crippen molar-refractivity contribution in [2.24, 2.45) is 0 Å². The van der Waals surface area contributed by atoms with E-state index in [1.54, 1.807) is 30.3 Å². The molecule has 0 fully saturated rings. The molecular formula is C18H14N2O4. The van der Waals surface area contributed by atoms with Gasteiger partial charge in [0.2, 0.25) is 0 Å². The Bertz CT molecular complexity index is 833. The molecule has 0 radical (unpaired) electrons. The normalized spacial score (nSPS) is 10.6. The molecule has 0 aliphatic heterocycles. The predicted octanol–water partition coefficient (Wildman–Crippen LogP) is 2.72. The van der Waals surface area contributed by atoms with Gasteiger partial charge in [-0.1, -0.05) is 24.3 Å². The first-order chi connectivity index (χ1) is 11.5. The summed E-state index contributed by atoms with van der Waals surface area (Å²) in [6.07, 6.45) is 1.38. The number of nitrogens with zero attached hydrogens (tertiary/aromatic N) is 1. The van der Waals surface area contributed by atoms with Crippen LogP contribution in [0.2, 0.25) is 0 Å². The third kappa shape index (κ3) is 3.99. The Hall–Kier alpha value is -3.59. The minimum Gasteiger partial charge on any atom is -0.508 e. The van der Waals surface area contributed by atoms with Crippen LogP contribution in [0.3, 0.4) is 0 Å². The summed E-state index contributed by atoms with van der Waals surface area (Å²) in [5, 5.41) is 21.0. The van der Waals surface area contributed by atoms with E-state index < -0.39 is 11.9 Å². The second-order valence-electron chi connectivity index (χ2n) is 4.75. The fourth-order valence-corrected chi connectivity index (χ4v) is 1.96. The molecule has 0 atom stereocenters. The van der Waals surface area contributed by atoms with E-state index in [2.05, 4.69) is 10.1 Å². The molecule has 2 N–H and O–H groups in total. The SMILES string of the molecule is COC(=O)c1ccccc1NC(=O)/C(C#N)=C/c1ccc(O)cc1. The number of methoxy groups -OCH3 is 1. The van der Waals surface area contributed by atoms with E-state index in [0.717, 1.165) is 0 Å². The third-order valence-corrected chi connectivity index (χ3v) is 3.15. The average molecular weight is 322 g/mol. The molecule has 6 nitrogen and oxygen atoms in total. The lowest BCUT2D eigenvalue weighted by Crippen LogP contribution is -2.16. The molecule has 120 valence electrons. The first-order valence-corrected chi connectivity index (χ1v) is 6.94. The van der Waals surface area contributed by atoms with E-state index in [4.69, 9.17) is 0 Å². The Morgan fingerprint density at radius 1 is 1.17 bits per heavy atom. The van der Waals surface area contributed by atoms with E-state index in [-0.39, 0.29) is 22.6 Å². The zero-order valence-corrected chi connectivity index (χ0v) is 12.8. The van der Waals surface area contributed by atoms with Crippen LogP contribution in [0.25, 0.3) is 6.08 Å². The number of ether oxygens (including phenoxy) is 1. The number of amides is 1. The summed E-state index contributed by atoms with van der Waals surface area (Å²) in [6.45, 7) is 0. The number of aromatic hydroxyl groups is 1. The molecule has 2 rings (SSSR count). The third-order valence-electron chi connectivity index (χ3n) is 3.15. The lowest BCUT2D eigenvalue weighted by atomic mass is 10.1. The standard InChI is InChI=1S/C18H14N2O4/c1-24-18(23)15-4-2-3-5-16(15)20-17(22)13(11-19)10-12-6-8-14(21)9-7-12/h2-10,21H,1H3,(H,20,22)/b13-10+. The number of benzene rings is 2. The molecule has 0 aromatic heterocycles. The smallest absolute Gasteiger partial charge is 0.339 e. The largest absolute Gasteiger partial charge is 0.508 e. The van der Waals surface area contributed by atoms with E-state index in [0.29, 0.717) is 5.56 Å². The van der Waals surface area contributed by atoms with Crippen LogP contribution in [0.4, 0.5) is 5.69 Å². The summed E-state index contributed by atoms with van der Waals surface area (Å²) in [6, 6.07) is 14.2.